The van der Waals surface area contributed by atoms with Crippen LogP contribution in [0.1, 0.15) is 32.8 Å². The molecule has 0 aromatic heterocycles. The second-order valence-corrected chi connectivity index (χ2v) is 5.47. The molecule has 0 bridgehead atoms. The first-order valence-corrected chi connectivity index (χ1v) is 6.65. The molecule has 1 N–H and O–H groups in total. The van der Waals surface area contributed by atoms with Crippen LogP contribution in [-0.4, -0.2) is 31.4 Å². The van der Waals surface area contributed by atoms with E-state index in [4.69, 9.17) is 14.2 Å². The number of ether oxygens (including phenoxy) is 3. The number of carbonyl (C=O) groups is 1. The van der Waals surface area contributed by atoms with E-state index in [-0.39, 0.29) is 5.91 Å². The smallest absolute Gasteiger partial charge is 0.236 e. The van der Waals surface area contributed by atoms with Gasteiger partial charge >= 0.3 is 0 Å². The summed E-state index contributed by atoms with van der Waals surface area (Å²) in [4.78, 5) is 11.1. The van der Waals surface area contributed by atoms with Crippen LogP contribution in [0.4, 0.5) is 0 Å². The molecular formula is C15H20N2O4. The van der Waals surface area contributed by atoms with Gasteiger partial charge in [-0.1, -0.05) is 0 Å². The molecule has 1 amide bonds. The third kappa shape index (κ3) is 3.26. The summed E-state index contributed by atoms with van der Waals surface area (Å²) >= 11 is 0. The minimum Gasteiger partial charge on any atom is -0.493 e. The number of rotatable bonds is 3. The lowest BCUT2D eigenvalue weighted by atomic mass is 9.92. The third-order valence-electron chi connectivity index (χ3n) is 3.12. The minimum atomic E-state index is -0.413. The molecule has 0 aliphatic carbocycles. The first kappa shape index (κ1) is 15.2. The summed E-state index contributed by atoms with van der Waals surface area (Å²) in [7, 11) is 3.15. The van der Waals surface area contributed by atoms with Gasteiger partial charge < -0.3 is 14.2 Å². The Labute approximate surface area is 124 Å². The van der Waals surface area contributed by atoms with Crippen molar-refractivity contribution in [2.45, 2.75) is 32.8 Å². The first-order chi connectivity index (χ1) is 9.86. The fraction of sp³-hybridized carbons (Fsp3) is 0.467. The molecule has 114 valence electrons. The maximum absolute atomic E-state index is 11.1. The van der Waals surface area contributed by atoms with E-state index in [0.29, 0.717) is 23.7 Å². The number of fused-ring (bicyclic) bond motifs is 1. The molecule has 0 spiro atoms. The van der Waals surface area contributed by atoms with E-state index >= 15 is 0 Å². The van der Waals surface area contributed by atoms with Crippen molar-refractivity contribution >= 4 is 11.6 Å². The highest BCUT2D eigenvalue weighted by Gasteiger charge is 2.32. The number of methoxy groups -OCH3 is 2. The van der Waals surface area contributed by atoms with Gasteiger partial charge in [0, 0.05) is 25.0 Å². The van der Waals surface area contributed by atoms with Gasteiger partial charge in [-0.05, 0) is 19.9 Å². The van der Waals surface area contributed by atoms with Gasteiger partial charge in [0.1, 0.15) is 11.4 Å². The number of nitrogens with one attached hydrogen (secondary N) is 1. The summed E-state index contributed by atoms with van der Waals surface area (Å²) in [5.41, 5.74) is 3.61. The third-order valence-corrected chi connectivity index (χ3v) is 3.12. The molecule has 0 radical (unpaired) electrons. The molecule has 0 unspecified atom stereocenters. The van der Waals surface area contributed by atoms with Crippen LogP contribution in [0.3, 0.4) is 0 Å². The van der Waals surface area contributed by atoms with Crippen molar-refractivity contribution in [3.05, 3.63) is 17.7 Å². The van der Waals surface area contributed by atoms with E-state index in [1.165, 1.54) is 6.92 Å². The predicted octanol–water partition coefficient (Wildman–Crippen LogP) is 2.11. The average Bonchev–Trinajstić information content (AvgIpc) is 2.42. The number of carbonyl (C=O) groups excluding carboxylic acids is 1. The van der Waals surface area contributed by atoms with E-state index in [2.05, 4.69) is 10.5 Å². The highest BCUT2D eigenvalue weighted by molar-refractivity contribution is 6.05. The van der Waals surface area contributed by atoms with Crippen LogP contribution in [0.25, 0.3) is 0 Å². The molecule has 1 heterocycles. The molecule has 6 heteroatoms. The van der Waals surface area contributed by atoms with Gasteiger partial charge in [-0.2, -0.15) is 5.10 Å². The molecule has 6 nitrogen and oxygen atoms in total. The summed E-state index contributed by atoms with van der Waals surface area (Å²) in [5.74, 6) is 1.63. The van der Waals surface area contributed by atoms with Crippen LogP contribution in [0.2, 0.25) is 0 Å². The molecule has 21 heavy (non-hydrogen) atoms. The van der Waals surface area contributed by atoms with Crippen molar-refractivity contribution in [3.63, 3.8) is 0 Å². The standard InChI is InChI=1S/C15H20N2O4/c1-9(18)16-17-11-8-15(2,3)21-12-7-14(20-5)13(19-4)6-10(11)12/h6-7H,8H2,1-5H3,(H,16,18)/b17-11+. The Hall–Kier alpha value is -2.24. The van der Waals surface area contributed by atoms with Crippen LogP contribution < -0.4 is 19.6 Å². The fourth-order valence-electron chi connectivity index (χ4n) is 2.25. The highest BCUT2D eigenvalue weighted by Crippen LogP contribution is 2.40. The summed E-state index contributed by atoms with van der Waals surface area (Å²) in [6, 6.07) is 3.59. The molecule has 1 aliphatic rings. The minimum absolute atomic E-state index is 0.214. The molecule has 0 saturated carbocycles. The summed E-state index contributed by atoms with van der Waals surface area (Å²) in [6.07, 6.45) is 0.579. The Morgan fingerprint density at radius 2 is 1.90 bits per heavy atom. The maximum Gasteiger partial charge on any atom is 0.236 e. The van der Waals surface area contributed by atoms with Crippen LogP contribution in [-0.2, 0) is 4.79 Å². The maximum atomic E-state index is 11.1. The van der Waals surface area contributed by atoms with E-state index in [0.717, 1.165) is 11.3 Å². The second kappa shape index (κ2) is 5.63. The molecule has 0 saturated heterocycles. The Morgan fingerprint density at radius 3 is 2.48 bits per heavy atom. The Morgan fingerprint density at radius 1 is 1.29 bits per heavy atom. The van der Waals surface area contributed by atoms with Crippen LogP contribution in [0, 0.1) is 0 Å². The number of benzene rings is 1. The van der Waals surface area contributed by atoms with E-state index in [1.54, 1.807) is 20.3 Å². The molecule has 1 aromatic rings. The lowest BCUT2D eigenvalue weighted by molar-refractivity contribution is -0.118. The van der Waals surface area contributed by atoms with E-state index in [1.807, 2.05) is 19.9 Å². The zero-order valence-corrected chi connectivity index (χ0v) is 12.9. The monoisotopic (exact) mass is 292 g/mol. The lowest BCUT2D eigenvalue weighted by Crippen LogP contribution is -2.37. The number of nitrogens with zero attached hydrogens (tertiary/aromatic N) is 1. The average molecular weight is 292 g/mol. The van der Waals surface area contributed by atoms with Gasteiger partial charge in [0.05, 0.1) is 19.9 Å². The number of hydrogen-bond acceptors (Lipinski definition) is 5. The number of amides is 1. The quantitative estimate of drug-likeness (QED) is 0.866. The lowest BCUT2D eigenvalue weighted by Gasteiger charge is -2.33. The van der Waals surface area contributed by atoms with Crippen LogP contribution in [0.5, 0.6) is 17.2 Å². The molecule has 1 aromatic carbocycles. The zero-order chi connectivity index (χ0) is 15.6. The molecule has 2 rings (SSSR count). The molecular weight excluding hydrogens is 272 g/mol. The topological polar surface area (TPSA) is 69.2 Å². The summed E-state index contributed by atoms with van der Waals surface area (Å²) < 4.78 is 16.6. The van der Waals surface area contributed by atoms with E-state index < -0.39 is 5.60 Å². The summed E-state index contributed by atoms with van der Waals surface area (Å²) in [6.45, 7) is 5.36. The van der Waals surface area contributed by atoms with Crippen molar-refractivity contribution in [2.75, 3.05) is 14.2 Å². The van der Waals surface area contributed by atoms with Gasteiger partial charge in [-0.15, -0.1) is 0 Å². The Balaban J connectivity index is 2.53. The second-order valence-electron chi connectivity index (χ2n) is 5.47. The van der Waals surface area contributed by atoms with E-state index in [9.17, 15) is 4.79 Å². The van der Waals surface area contributed by atoms with Crippen molar-refractivity contribution < 1.29 is 19.0 Å². The number of hydrazone groups is 1. The predicted molar refractivity (Wildman–Crippen MR) is 79.2 cm³/mol. The Kier molecular flexibility index (Phi) is 4.06. The highest BCUT2D eigenvalue weighted by atomic mass is 16.5. The Bertz CT molecular complexity index is 594. The van der Waals surface area contributed by atoms with Crippen LogP contribution in [0.15, 0.2) is 17.2 Å². The van der Waals surface area contributed by atoms with Gasteiger partial charge in [-0.25, -0.2) is 5.43 Å². The van der Waals surface area contributed by atoms with Gasteiger partial charge in [0.25, 0.3) is 0 Å². The normalized spacial score (nSPS) is 17.7. The van der Waals surface area contributed by atoms with Crippen molar-refractivity contribution in [2.24, 2.45) is 5.10 Å². The summed E-state index contributed by atoms with van der Waals surface area (Å²) in [5, 5.41) is 4.19. The molecule has 0 atom stereocenters. The van der Waals surface area contributed by atoms with Crippen molar-refractivity contribution in [1.29, 1.82) is 0 Å². The van der Waals surface area contributed by atoms with Gasteiger partial charge in [0.2, 0.25) is 5.91 Å². The largest absolute Gasteiger partial charge is 0.493 e. The van der Waals surface area contributed by atoms with Gasteiger partial charge in [0.15, 0.2) is 11.5 Å². The molecule has 1 aliphatic heterocycles. The fourth-order valence-corrected chi connectivity index (χ4v) is 2.25. The van der Waals surface area contributed by atoms with Gasteiger partial charge in [-0.3, -0.25) is 4.79 Å². The number of hydrogen-bond donors (Lipinski definition) is 1. The first-order valence-electron chi connectivity index (χ1n) is 6.65. The van der Waals surface area contributed by atoms with Crippen molar-refractivity contribution in [1.82, 2.24) is 5.43 Å². The molecule has 0 fully saturated rings. The van der Waals surface area contributed by atoms with Crippen LogP contribution >= 0.6 is 0 Å². The zero-order valence-electron chi connectivity index (χ0n) is 12.9. The SMILES string of the molecule is COc1cc2c(cc1OC)/C(=N/NC(C)=O)CC(C)(C)O2. The van der Waals surface area contributed by atoms with Crippen molar-refractivity contribution in [3.8, 4) is 17.2 Å².